The average Bonchev–Trinajstić information content (AvgIpc) is 3.19. The molecule has 1 aliphatic rings. The summed E-state index contributed by atoms with van der Waals surface area (Å²) in [5.41, 5.74) is 2.28. The van der Waals surface area contributed by atoms with Crippen molar-refractivity contribution < 1.29 is 9.53 Å². The monoisotopic (exact) mass is 405 g/mol. The number of rotatable bonds is 11. The lowest BCUT2D eigenvalue weighted by Gasteiger charge is -2.31. The van der Waals surface area contributed by atoms with Gasteiger partial charge in [-0.2, -0.15) is 0 Å². The number of benzene rings is 1. The lowest BCUT2D eigenvalue weighted by molar-refractivity contribution is -0.122. The third-order valence-electron chi connectivity index (χ3n) is 5.33. The number of hydrogen-bond donors (Lipinski definition) is 2. The normalized spacial score (nSPS) is 14.2. The van der Waals surface area contributed by atoms with E-state index in [1.54, 1.807) is 0 Å². The largest absolute Gasteiger partial charge is 0.471 e. The van der Waals surface area contributed by atoms with Gasteiger partial charge in [0, 0.05) is 24.9 Å². The highest BCUT2D eigenvalue weighted by Crippen LogP contribution is 2.33. The quantitative estimate of drug-likeness (QED) is 0.486. The number of fused-ring (bicyclic) bond motifs is 1. The molecule has 0 aromatic heterocycles. The van der Waals surface area contributed by atoms with Crippen LogP contribution in [-0.2, 0) is 4.79 Å². The molecule has 29 heavy (non-hydrogen) atoms. The fraction of sp³-hybridized carbons (Fsp3) is 0.708. The number of amides is 1. The number of hydrogen-bond acceptors (Lipinski definition) is 4. The first-order valence-corrected chi connectivity index (χ1v) is 11.5. The van der Waals surface area contributed by atoms with E-state index in [0.29, 0.717) is 13.2 Å². The summed E-state index contributed by atoms with van der Waals surface area (Å²) < 4.78 is 5.52. The van der Waals surface area contributed by atoms with Crippen molar-refractivity contribution in [3.8, 4) is 5.75 Å². The number of unbranched alkanes of at least 4 members (excludes halogenated alkanes) is 2. The number of carbonyl (C=O) groups excluding carboxylic acids is 1. The zero-order valence-corrected chi connectivity index (χ0v) is 19.5. The Bertz CT molecular complexity index is 587. The average molecular weight is 406 g/mol. The molecule has 5 heteroatoms. The van der Waals surface area contributed by atoms with Gasteiger partial charge in [-0.15, -0.1) is 0 Å². The minimum atomic E-state index is 0.101. The zero-order chi connectivity index (χ0) is 21.6. The van der Waals surface area contributed by atoms with Crippen LogP contribution in [0.25, 0.3) is 0 Å². The van der Waals surface area contributed by atoms with Crippen molar-refractivity contribution in [2.24, 2.45) is 0 Å². The minimum absolute atomic E-state index is 0.101. The number of nitrogens with one attached hydrogen (secondary N) is 2. The van der Waals surface area contributed by atoms with Crippen molar-refractivity contribution in [1.29, 1.82) is 0 Å². The van der Waals surface area contributed by atoms with E-state index >= 15 is 0 Å². The minimum Gasteiger partial charge on any atom is -0.471 e. The molecule has 0 spiro atoms. The van der Waals surface area contributed by atoms with Gasteiger partial charge in [-0.25, -0.2) is 0 Å². The fourth-order valence-electron chi connectivity index (χ4n) is 3.42. The van der Waals surface area contributed by atoms with Gasteiger partial charge < -0.3 is 20.3 Å². The Hall–Kier alpha value is -1.75. The molecule has 0 fully saturated rings. The van der Waals surface area contributed by atoms with Crippen LogP contribution in [0.15, 0.2) is 18.2 Å². The number of anilines is 1. The van der Waals surface area contributed by atoms with Gasteiger partial charge in [0.2, 0.25) is 5.91 Å². The molecule has 0 radical (unpaired) electrons. The van der Waals surface area contributed by atoms with Crippen LogP contribution in [-0.4, -0.2) is 43.2 Å². The van der Waals surface area contributed by atoms with Crippen molar-refractivity contribution in [2.45, 2.75) is 85.6 Å². The topological polar surface area (TPSA) is 53.6 Å². The summed E-state index contributed by atoms with van der Waals surface area (Å²) in [6, 6.07) is 6.41. The molecule has 166 valence electrons. The van der Waals surface area contributed by atoms with E-state index in [1.165, 1.54) is 12.0 Å². The molecular weight excluding hydrogens is 362 g/mol. The zero-order valence-electron chi connectivity index (χ0n) is 19.5. The Morgan fingerprint density at radius 1 is 1.17 bits per heavy atom. The van der Waals surface area contributed by atoms with Gasteiger partial charge in [0.25, 0.3) is 0 Å². The van der Waals surface area contributed by atoms with Crippen LogP contribution in [0.2, 0.25) is 0 Å². The summed E-state index contributed by atoms with van der Waals surface area (Å²) in [5, 5.41) is 6.56. The first kappa shape index (κ1) is 25.3. The maximum atomic E-state index is 12.4. The summed E-state index contributed by atoms with van der Waals surface area (Å²) >= 11 is 0. The molecule has 0 saturated heterocycles. The van der Waals surface area contributed by atoms with Crippen LogP contribution >= 0.6 is 0 Å². The third kappa shape index (κ3) is 8.65. The highest BCUT2D eigenvalue weighted by molar-refractivity contribution is 5.76. The van der Waals surface area contributed by atoms with Crippen molar-refractivity contribution in [1.82, 2.24) is 10.2 Å². The highest BCUT2D eigenvalue weighted by Gasteiger charge is 2.24. The van der Waals surface area contributed by atoms with E-state index in [-0.39, 0.29) is 17.9 Å². The summed E-state index contributed by atoms with van der Waals surface area (Å²) in [4.78, 5) is 14.8. The molecule has 5 nitrogen and oxygen atoms in total. The maximum absolute atomic E-state index is 12.4. The number of ether oxygens (including phenoxy) is 1. The summed E-state index contributed by atoms with van der Waals surface area (Å²) in [6.45, 7) is 16.3. The van der Waals surface area contributed by atoms with Crippen molar-refractivity contribution in [3.05, 3.63) is 23.8 Å². The van der Waals surface area contributed by atoms with Gasteiger partial charge in [0.1, 0.15) is 5.75 Å². The smallest absolute Gasteiger partial charge is 0.220 e. The van der Waals surface area contributed by atoms with Gasteiger partial charge in [0.05, 0.1) is 5.69 Å². The van der Waals surface area contributed by atoms with Crippen LogP contribution < -0.4 is 15.4 Å². The van der Waals surface area contributed by atoms with E-state index in [2.05, 4.69) is 69.2 Å². The van der Waals surface area contributed by atoms with Crippen LogP contribution in [0.5, 0.6) is 5.75 Å². The van der Waals surface area contributed by atoms with Crippen LogP contribution in [0, 0.1) is 0 Å². The molecule has 1 amide bonds. The SMILES string of the molecule is CCC.CCCCCC(=O)NC(CN(CC)CC)C(C)c1ccc2c(c1)NCO2. The summed E-state index contributed by atoms with van der Waals surface area (Å²) in [5.74, 6) is 1.31. The second kappa shape index (κ2) is 14.3. The van der Waals surface area contributed by atoms with E-state index in [1.807, 2.05) is 6.07 Å². The predicted octanol–water partition coefficient (Wildman–Crippen LogP) is 5.38. The van der Waals surface area contributed by atoms with E-state index < -0.39 is 0 Å². The summed E-state index contributed by atoms with van der Waals surface area (Å²) in [6.07, 6.45) is 5.08. The Balaban J connectivity index is 0.00000132. The second-order valence-corrected chi connectivity index (χ2v) is 7.83. The first-order valence-electron chi connectivity index (χ1n) is 11.5. The maximum Gasteiger partial charge on any atom is 0.220 e. The van der Waals surface area contributed by atoms with Gasteiger partial charge >= 0.3 is 0 Å². The van der Waals surface area contributed by atoms with Gasteiger partial charge in [-0.1, -0.05) is 66.9 Å². The number of carbonyl (C=O) groups is 1. The molecule has 2 atom stereocenters. The van der Waals surface area contributed by atoms with Crippen LogP contribution in [0.1, 0.15) is 85.1 Å². The van der Waals surface area contributed by atoms with Gasteiger partial charge in [-0.05, 0) is 37.2 Å². The Morgan fingerprint density at radius 3 is 2.48 bits per heavy atom. The van der Waals surface area contributed by atoms with E-state index in [9.17, 15) is 4.79 Å². The second-order valence-electron chi connectivity index (χ2n) is 7.83. The standard InChI is InChI=1S/C21H35N3O2.C3H8/c1-5-8-9-10-21(25)23-19(14-24(6-2)7-3)16(4)17-11-12-20-18(13-17)22-15-26-20;1-3-2/h11-13,16,19,22H,5-10,14-15H2,1-4H3,(H,23,25);3H2,1-2H3. The van der Waals surface area contributed by atoms with Crippen LogP contribution in [0.3, 0.4) is 0 Å². The Kier molecular flexibility index (Phi) is 12.4. The Morgan fingerprint density at radius 2 is 1.86 bits per heavy atom. The molecule has 0 aliphatic carbocycles. The molecule has 0 saturated carbocycles. The molecule has 2 rings (SSSR count). The lowest BCUT2D eigenvalue weighted by atomic mass is 9.92. The van der Waals surface area contributed by atoms with Crippen LogP contribution in [0.4, 0.5) is 5.69 Å². The van der Waals surface area contributed by atoms with Gasteiger partial charge in [0.15, 0.2) is 6.73 Å². The van der Waals surface area contributed by atoms with Crippen molar-refractivity contribution >= 4 is 11.6 Å². The lowest BCUT2D eigenvalue weighted by Crippen LogP contribution is -2.46. The molecule has 1 aliphatic heterocycles. The first-order chi connectivity index (χ1) is 14.0. The Labute approximate surface area is 178 Å². The molecule has 2 unspecified atom stereocenters. The third-order valence-corrected chi connectivity index (χ3v) is 5.33. The van der Waals surface area contributed by atoms with Gasteiger partial charge in [-0.3, -0.25) is 4.79 Å². The molecule has 2 N–H and O–H groups in total. The van der Waals surface area contributed by atoms with Crippen molar-refractivity contribution in [2.75, 3.05) is 31.7 Å². The molecular formula is C24H43N3O2. The molecule has 1 heterocycles. The number of nitrogens with zero attached hydrogens (tertiary/aromatic N) is 1. The molecule has 1 aromatic rings. The highest BCUT2D eigenvalue weighted by atomic mass is 16.5. The van der Waals surface area contributed by atoms with E-state index in [0.717, 1.165) is 50.3 Å². The molecule has 1 aromatic carbocycles. The number of likely N-dealkylation sites (N-methyl/N-ethyl adjacent to an activating group) is 1. The van der Waals surface area contributed by atoms with E-state index in [4.69, 9.17) is 4.74 Å². The fourth-order valence-corrected chi connectivity index (χ4v) is 3.42. The molecule has 0 bridgehead atoms. The predicted molar refractivity (Wildman–Crippen MR) is 124 cm³/mol. The van der Waals surface area contributed by atoms with Crippen molar-refractivity contribution in [3.63, 3.8) is 0 Å². The summed E-state index contributed by atoms with van der Waals surface area (Å²) in [7, 11) is 0.